The second-order valence-corrected chi connectivity index (χ2v) is 9.44. The Kier molecular flexibility index (Phi) is 11.3. The van der Waals surface area contributed by atoms with Gasteiger partial charge in [0.15, 0.2) is 0 Å². The number of hydrogen-bond acceptors (Lipinski definition) is 6. The van der Waals surface area contributed by atoms with E-state index in [0.29, 0.717) is 29.5 Å². The molecule has 6 nitrogen and oxygen atoms in total. The molecule has 6 bridgehead atoms. The lowest BCUT2D eigenvalue weighted by atomic mass is 9.93. The van der Waals surface area contributed by atoms with Gasteiger partial charge in [0.1, 0.15) is 30.2 Å². The molecule has 0 saturated carbocycles. The van der Waals surface area contributed by atoms with Gasteiger partial charge in [0.25, 0.3) is 0 Å². The molecule has 0 spiro atoms. The van der Waals surface area contributed by atoms with Crippen molar-refractivity contribution in [1.29, 1.82) is 10.5 Å². The molecule has 2 N–H and O–H groups in total. The van der Waals surface area contributed by atoms with Crippen LogP contribution < -0.4 is 10.5 Å². The summed E-state index contributed by atoms with van der Waals surface area (Å²) in [5, 5.41) is 19.8. The predicted molar refractivity (Wildman–Crippen MR) is 168 cm³/mol. The molecule has 2 heterocycles. The summed E-state index contributed by atoms with van der Waals surface area (Å²) in [6.45, 7) is 10.6. The molecule has 0 fully saturated rings. The van der Waals surface area contributed by atoms with Gasteiger partial charge in [-0.2, -0.15) is 10.5 Å². The number of rotatable bonds is 3. The van der Waals surface area contributed by atoms with Crippen LogP contribution in [0.25, 0.3) is 22.0 Å². The Balaban J connectivity index is 0.000000362. The monoisotopic (exact) mass is 543 g/mol. The molecule has 3 aromatic carbocycles. The van der Waals surface area contributed by atoms with Crippen molar-refractivity contribution in [3.8, 4) is 29.0 Å². The number of aliphatic imine (C=N–C) groups is 1. The van der Waals surface area contributed by atoms with Crippen molar-refractivity contribution in [3.05, 3.63) is 107 Å². The molecule has 1 aliphatic rings. The molecular formula is C35H37N5O. The van der Waals surface area contributed by atoms with Crippen LogP contribution in [-0.2, 0) is 6.61 Å². The molecule has 1 aliphatic heterocycles. The Labute approximate surface area is 243 Å². The highest BCUT2D eigenvalue weighted by atomic mass is 16.5. The fourth-order valence-corrected chi connectivity index (χ4v) is 4.25. The number of nitrogens with two attached hydrogens (primary N) is 1. The summed E-state index contributed by atoms with van der Waals surface area (Å²) in [6, 6.07) is 25.0. The lowest BCUT2D eigenvalue weighted by Gasteiger charge is -2.16. The molecule has 0 amide bonds. The van der Waals surface area contributed by atoms with Crippen molar-refractivity contribution in [2.24, 2.45) is 16.6 Å². The Morgan fingerprint density at radius 3 is 2.51 bits per heavy atom. The van der Waals surface area contributed by atoms with E-state index in [1.165, 1.54) is 6.42 Å². The predicted octanol–water partition coefficient (Wildman–Crippen LogP) is 8.25. The number of hydrogen-bond donors (Lipinski definition) is 1. The maximum absolute atomic E-state index is 9.46. The van der Waals surface area contributed by atoms with Gasteiger partial charge in [-0.3, -0.25) is 4.99 Å². The minimum atomic E-state index is -0.392. The Hall–Kier alpha value is -4.78. The van der Waals surface area contributed by atoms with E-state index in [9.17, 15) is 10.5 Å². The fraction of sp³-hybridized carbons (Fsp3) is 0.257. The van der Waals surface area contributed by atoms with Gasteiger partial charge in [0.05, 0.1) is 17.1 Å². The fourth-order valence-electron chi connectivity index (χ4n) is 4.25. The molecule has 0 saturated heterocycles. The number of nitrogens with zero attached hydrogens (tertiary/aromatic N) is 4. The van der Waals surface area contributed by atoms with Gasteiger partial charge < -0.3 is 10.5 Å². The van der Waals surface area contributed by atoms with Crippen molar-refractivity contribution in [2.45, 2.75) is 53.7 Å². The van der Waals surface area contributed by atoms with E-state index in [0.717, 1.165) is 38.7 Å². The van der Waals surface area contributed by atoms with Gasteiger partial charge >= 0.3 is 0 Å². The van der Waals surface area contributed by atoms with Gasteiger partial charge in [-0.1, -0.05) is 64.1 Å². The van der Waals surface area contributed by atoms with Crippen molar-refractivity contribution in [2.75, 3.05) is 0 Å². The van der Waals surface area contributed by atoms with Crippen LogP contribution in [0.15, 0.2) is 84.0 Å². The Bertz CT molecular complexity index is 1620. The second kappa shape index (κ2) is 15.1. The van der Waals surface area contributed by atoms with Gasteiger partial charge in [-0.25, -0.2) is 4.98 Å². The van der Waals surface area contributed by atoms with E-state index in [2.05, 4.69) is 36.0 Å². The van der Waals surface area contributed by atoms with Crippen molar-refractivity contribution < 1.29 is 4.74 Å². The maximum Gasteiger partial charge on any atom is 0.141 e. The molecule has 0 radical (unpaired) electrons. The third-order valence-corrected chi connectivity index (χ3v) is 6.64. The van der Waals surface area contributed by atoms with Crippen LogP contribution in [0.2, 0.25) is 0 Å². The highest BCUT2D eigenvalue weighted by Gasteiger charge is 2.17. The molecule has 6 heteroatoms. The van der Waals surface area contributed by atoms with Gasteiger partial charge in [0, 0.05) is 17.8 Å². The summed E-state index contributed by atoms with van der Waals surface area (Å²) in [5.74, 6) is 1.13. The molecule has 5 rings (SSSR count). The minimum absolute atomic E-state index is 0.318. The van der Waals surface area contributed by atoms with Crippen molar-refractivity contribution >= 4 is 17.1 Å². The van der Waals surface area contributed by atoms with Crippen LogP contribution in [0.1, 0.15) is 75.0 Å². The zero-order valence-corrected chi connectivity index (χ0v) is 24.4. The first kappa shape index (κ1) is 30.8. The standard InChI is InChI=1S/C25H16N4O.C8H15N.C2H6/c26-12-19-5-4-18-10-24(19)30-14-15-2-1-3-16(8-15)21-11-20(13-27)29-23-7-6-17(25(18)28)9-22(21)23;1-4-6-9-7-8(3)5-2;1-2/h1-11,25H,14,28H2;4,6-8H,5H2,1-3H3;1-2H3/b;6-4-,9-7?;. The van der Waals surface area contributed by atoms with Crippen LogP contribution >= 0.6 is 0 Å². The second-order valence-electron chi connectivity index (χ2n) is 9.44. The molecule has 0 aliphatic carbocycles. The third-order valence-electron chi connectivity index (χ3n) is 6.64. The normalized spacial score (nSPS) is 14.2. The van der Waals surface area contributed by atoms with Crippen LogP contribution in [0.4, 0.5) is 0 Å². The number of ether oxygens (including phenoxy) is 1. The molecule has 2 atom stereocenters. The lowest BCUT2D eigenvalue weighted by Crippen LogP contribution is -2.12. The lowest BCUT2D eigenvalue weighted by molar-refractivity contribution is 0.305. The highest BCUT2D eigenvalue weighted by molar-refractivity contribution is 5.95. The van der Waals surface area contributed by atoms with Crippen molar-refractivity contribution in [1.82, 2.24) is 4.98 Å². The van der Waals surface area contributed by atoms with Crippen LogP contribution in [-0.4, -0.2) is 11.2 Å². The quantitative estimate of drug-likeness (QED) is 0.262. The maximum atomic E-state index is 9.46. The first-order chi connectivity index (χ1) is 20.0. The average Bonchev–Trinajstić information content (AvgIpc) is 3.03. The van der Waals surface area contributed by atoms with Gasteiger partial charge in [-0.05, 0) is 83.5 Å². The topological polar surface area (TPSA) is 108 Å². The summed E-state index contributed by atoms with van der Waals surface area (Å²) < 4.78 is 6.00. The number of fused-ring (bicyclic) bond motifs is 6. The summed E-state index contributed by atoms with van der Waals surface area (Å²) >= 11 is 0. The molecule has 2 unspecified atom stereocenters. The Morgan fingerprint density at radius 2 is 1.80 bits per heavy atom. The average molecular weight is 544 g/mol. The SMILES string of the molecule is C/C=C\N=CC(C)CC.CC.N#Cc1cc2c3cc(ccc3n1)C(N)c1ccc(C#N)c(c1)OCc1cccc-2c1. The number of aromatic nitrogens is 1. The number of pyridine rings is 1. The number of nitriles is 2. The molecule has 41 heavy (non-hydrogen) atoms. The zero-order valence-electron chi connectivity index (χ0n) is 24.4. The van der Waals surface area contributed by atoms with E-state index in [1.807, 2.05) is 99.9 Å². The molecule has 4 aromatic rings. The molecule has 208 valence electrons. The summed E-state index contributed by atoms with van der Waals surface area (Å²) in [4.78, 5) is 8.52. The van der Waals surface area contributed by atoms with E-state index >= 15 is 0 Å². The first-order valence-electron chi connectivity index (χ1n) is 14.0. The molecular weight excluding hydrogens is 506 g/mol. The smallest absolute Gasteiger partial charge is 0.141 e. The van der Waals surface area contributed by atoms with Crippen LogP contribution in [0.5, 0.6) is 5.75 Å². The van der Waals surface area contributed by atoms with Crippen LogP contribution in [0, 0.1) is 28.6 Å². The number of benzene rings is 3. The third kappa shape index (κ3) is 7.66. The zero-order chi connectivity index (χ0) is 29.8. The van der Waals surface area contributed by atoms with Crippen molar-refractivity contribution in [3.63, 3.8) is 0 Å². The summed E-state index contributed by atoms with van der Waals surface area (Å²) in [5.41, 5.74) is 12.8. The van der Waals surface area contributed by atoms with E-state index in [-0.39, 0.29) is 0 Å². The van der Waals surface area contributed by atoms with Crippen LogP contribution in [0.3, 0.4) is 0 Å². The largest absolute Gasteiger partial charge is 0.488 e. The minimum Gasteiger partial charge on any atom is -0.488 e. The molecule has 1 aromatic heterocycles. The van der Waals surface area contributed by atoms with Gasteiger partial charge in [0.2, 0.25) is 0 Å². The van der Waals surface area contributed by atoms with E-state index in [4.69, 9.17) is 10.5 Å². The van der Waals surface area contributed by atoms with E-state index in [1.54, 1.807) is 6.07 Å². The first-order valence-corrected chi connectivity index (χ1v) is 14.0. The number of allylic oxidation sites excluding steroid dienone is 1. The highest BCUT2D eigenvalue weighted by Crippen LogP contribution is 2.34. The Morgan fingerprint density at radius 1 is 1.05 bits per heavy atom. The summed E-state index contributed by atoms with van der Waals surface area (Å²) in [6.07, 6.45) is 6.88. The summed E-state index contributed by atoms with van der Waals surface area (Å²) in [7, 11) is 0. The van der Waals surface area contributed by atoms with Gasteiger partial charge in [-0.15, -0.1) is 0 Å². The van der Waals surface area contributed by atoms with E-state index < -0.39 is 6.04 Å².